The number of piperidine rings is 1. The first-order valence-corrected chi connectivity index (χ1v) is 13.0. The van der Waals surface area contributed by atoms with Crippen LogP contribution in [0.5, 0.6) is 11.5 Å². The lowest BCUT2D eigenvalue weighted by atomic mass is 10.1. The molecule has 2 aromatic carbocycles. The number of nitrogens with one attached hydrogen (secondary N) is 1. The maximum atomic E-state index is 6.48. The van der Waals surface area contributed by atoms with Crippen LogP contribution in [0.1, 0.15) is 18.5 Å². The Kier molecular flexibility index (Phi) is 8.37. The number of pyridine rings is 1. The molecule has 1 saturated heterocycles. The molecule has 2 aromatic heterocycles. The first kappa shape index (κ1) is 26.0. The molecule has 198 valence electrons. The van der Waals surface area contributed by atoms with Crippen LogP contribution in [0.4, 0.5) is 17.2 Å². The highest BCUT2D eigenvalue weighted by Gasteiger charge is 2.18. The fourth-order valence-electron chi connectivity index (χ4n) is 4.45. The summed E-state index contributed by atoms with van der Waals surface area (Å²) < 4.78 is 17.3. The number of halogens is 1. The lowest BCUT2D eigenvalue weighted by Gasteiger charge is -2.30. The SMILES string of the molecule is COC1CCN(CCOc2cc3ncnc(Nc4ccc(OCc5ccccn5)c(Cl)c4)c3cc2N)CC1. The standard InChI is InChI=1S/C28H31ClN6O3/c1-36-21-7-10-35(11-8-21)12-13-37-27-16-25-22(15-24(27)30)28(33-18-32-25)34-19-5-6-26(23(29)14-19)38-17-20-4-2-3-9-31-20/h2-6,9,14-16,18,21H,7-8,10-13,17,30H2,1H3,(H,32,33,34). The van der Waals surface area contributed by atoms with Crippen molar-refractivity contribution >= 4 is 39.7 Å². The molecule has 3 heterocycles. The second-order valence-electron chi connectivity index (χ2n) is 9.13. The van der Waals surface area contributed by atoms with Crippen molar-refractivity contribution in [3.63, 3.8) is 0 Å². The molecule has 0 aliphatic carbocycles. The van der Waals surface area contributed by atoms with Gasteiger partial charge in [0.05, 0.1) is 28.0 Å². The Balaban J connectivity index is 1.22. The minimum Gasteiger partial charge on any atom is -0.490 e. The third kappa shape index (κ3) is 6.42. The van der Waals surface area contributed by atoms with E-state index >= 15 is 0 Å². The number of anilines is 3. The number of aromatic nitrogens is 3. The highest BCUT2D eigenvalue weighted by atomic mass is 35.5. The van der Waals surface area contributed by atoms with Crippen molar-refractivity contribution in [1.29, 1.82) is 0 Å². The predicted molar refractivity (Wildman–Crippen MR) is 149 cm³/mol. The van der Waals surface area contributed by atoms with Crippen LogP contribution in [-0.2, 0) is 11.3 Å². The monoisotopic (exact) mass is 534 g/mol. The second-order valence-corrected chi connectivity index (χ2v) is 9.54. The van der Waals surface area contributed by atoms with E-state index in [0.29, 0.717) is 47.3 Å². The molecule has 0 radical (unpaired) electrons. The van der Waals surface area contributed by atoms with Gasteiger partial charge in [0.25, 0.3) is 0 Å². The summed E-state index contributed by atoms with van der Waals surface area (Å²) in [5.74, 6) is 1.81. The number of likely N-dealkylation sites (tertiary alicyclic amines) is 1. The summed E-state index contributed by atoms with van der Waals surface area (Å²) in [5.41, 5.74) is 9.20. The molecule has 0 amide bonds. The molecule has 4 aromatic rings. The van der Waals surface area contributed by atoms with E-state index in [2.05, 4.69) is 25.2 Å². The Morgan fingerprint density at radius 2 is 1.89 bits per heavy atom. The largest absolute Gasteiger partial charge is 0.490 e. The van der Waals surface area contributed by atoms with E-state index in [0.717, 1.165) is 54.8 Å². The van der Waals surface area contributed by atoms with Crippen molar-refractivity contribution in [3.8, 4) is 11.5 Å². The topological polar surface area (TPSA) is 108 Å². The van der Waals surface area contributed by atoms with Crippen LogP contribution < -0.4 is 20.5 Å². The van der Waals surface area contributed by atoms with Crippen LogP contribution in [0.2, 0.25) is 5.02 Å². The van der Waals surface area contributed by atoms with Gasteiger partial charge in [-0.05, 0) is 49.2 Å². The molecule has 0 unspecified atom stereocenters. The summed E-state index contributed by atoms with van der Waals surface area (Å²) >= 11 is 6.48. The Labute approximate surface area is 226 Å². The first-order chi connectivity index (χ1) is 18.6. The summed E-state index contributed by atoms with van der Waals surface area (Å²) in [6, 6.07) is 14.9. The summed E-state index contributed by atoms with van der Waals surface area (Å²) in [6.07, 6.45) is 5.71. The Hall–Kier alpha value is -3.66. The van der Waals surface area contributed by atoms with Crippen molar-refractivity contribution in [2.24, 2.45) is 0 Å². The number of fused-ring (bicyclic) bond motifs is 1. The Bertz CT molecular complexity index is 1370. The van der Waals surface area contributed by atoms with Crippen molar-refractivity contribution in [1.82, 2.24) is 19.9 Å². The van der Waals surface area contributed by atoms with Gasteiger partial charge in [-0.2, -0.15) is 0 Å². The number of hydrogen-bond acceptors (Lipinski definition) is 9. The van der Waals surface area contributed by atoms with Gasteiger partial charge in [0.15, 0.2) is 0 Å². The van der Waals surface area contributed by atoms with Crippen molar-refractivity contribution in [2.45, 2.75) is 25.6 Å². The zero-order chi connectivity index (χ0) is 26.3. The van der Waals surface area contributed by atoms with Gasteiger partial charge in [0.2, 0.25) is 0 Å². The molecule has 5 rings (SSSR count). The summed E-state index contributed by atoms with van der Waals surface area (Å²) in [5, 5.41) is 4.57. The summed E-state index contributed by atoms with van der Waals surface area (Å²) in [4.78, 5) is 15.5. The van der Waals surface area contributed by atoms with E-state index in [1.165, 1.54) is 6.33 Å². The number of methoxy groups -OCH3 is 1. The van der Waals surface area contributed by atoms with Gasteiger partial charge in [-0.1, -0.05) is 17.7 Å². The van der Waals surface area contributed by atoms with E-state index < -0.39 is 0 Å². The third-order valence-electron chi connectivity index (χ3n) is 6.60. The molecular weight excluding hydrogens is 504 g/mol. The van der Waals surface area contributed by atoms with Gasteiger partial charge in [-0.25, -0.2) is 9.97 Å². The van der Waals surface area contributed by atoms with E-state index in [-0.39, 0.29) is 0 Å². The smallest absolute Gasteiger partial charge is 0.144 e. The lowest BCUT2D eigenvalue weighted by molar-refractivity contribution is 0.0375. The van der Waals surface area contributed by atoms with Crippen molar-refractivity contribution in [2.75, 3.05) is 44.4 Å². The maximum absolute atomic E-state index is 6.48. The first-order valence-electron chi connectivity index (χ1n) is 12.6. The molecule has 1 aliphatic heterocycles. The number of benzene rings is 2. The number of ether oxygens (including phenoxy) is 3. The average molecular weight is 535 g/mol. The Morgan fingerprint density at radius 1 is 1.03 bits per heavy atom. The van der Waals surface area contributed by atoms with Crippen LogP contribution in [-0.4, -0.2) is 59.3 Å². The normalized spacial score (nSPS) is 14.5. The molecule has 0 saturated carbocycles. The molecule has 0 spiro atoms. The van der Waals surface area contributed by atoms with E-state index in [1.54, 1.807) is 19.4 Å². The molecule has 1 fully saturated rings. The zero-order valence-electron chi connectivity index (χ0n) is 21.3. The molecular formula is C28H31ClN6O3. The number of nitrogen functional groups attached to an aromatic ring is 1. The van der Waals surface area contributed by atoms with Gasteiger partial charge >= 0.3 is 0 Å². The summed E-state index contributed by atoms with van der Waals surface area (Å²) in [7, 11) is 1.78. The van der Waals surface area contributed by atoms with Crippen LogP contribution in [0.25, 0.3) is 10.9 Å². The molecule has 1 aliphatic rings. The van der Waals surface area contributed by atoms with E-state index in [4.69, 9.17) is 31.5 Å². The summed E-state index contributed by atoms with van der Waals surface area (Å²) in [6.45, 7) is 3.75. The molecule has 10 heteroatoms. The van der Waals surface area contributed by atoms with Crippen molar-refractivity contribution < 1.29 is 14.2 Å². The minimum atomic E-state index is 0.333. The number of rotatable bonds is 10. The van der Waals surface area contributed by atoms with Gasteiger partial charge in [0, 0.05) is 50.1 Å². The fraction of sp³-hybridized carbons (Fsp3) is 0.321. The molecule has 0 atom stereocenters. The van der Waals surface area contributed by atoms with Crippen LogP contribution in [0.15, 0.2) is 61.1 Å². The Morgan fingerprint density at radius 3 is 2.66 bits per heavy atom. The number of nitrogens with two attached hydrogens (primary N) is 1. The average Bonchev–Trinajstić information content (AvgIpc) is 2.94. The molecule has 3 N–H and O–H groups in total. The number of hydrogen-bond donors (Lipinski definition) is 2. The van der Waals surface area contributed by atoms with E-state index in [1.807, 2.05) is 42.5 Å². The van der Waals surface area contributed by atoms with Crippen LogP contribution >= 0.6 is 11.6 Å². The second kappa shape index (κ2) is 12.3. The fourth-order valence-corrected chi connectivity index (χ4v) is 4.68. The highest BCUT2D eigenvalue weighted by Crippen LogP contribution is 2.33. The van der Waals surface area contributed by atoms with Gasteiger partial charge in [0.1, 0.15) is 36.9 Å². The zero-order valence-corrected chi connectivity index (χ0v) is 22.0. The minimum absolute atomic E-state index is 0.333. The van der Waals surface area contributed by atoms with Crippen LogP contribution in [0.3, 0.4) is 0 Å². The van der Waals surface area contributed by atoms with Gasteiger partial charge in [-0.3, -0.25) is 9.88 Å². The molecule has 0 bridgehead atoms. The van der Waals surface area contributed by atoms with Crippen molar-refractivity contribution in [3.05, 3.63) is 71.8 Å². The number of nitrogens with zero attached hydrogens (tertiary/aromatic N) is 4. The lowest BCUT2D eigenvalue weighted by Crippen LogP contribution is -2.38. The molecule has 38 heavy (non-hydrogen) atoms. The van der Waals surface area contributed by atoms with Gasteiger partial charge < -0.3 is 25.3 Å². The quantitative estimate of drug-likeness (QED) is 0.269. The van der Waals surface area contributed by atoms with E-state index in [9.17, 15) is 0 Å². The van der Waals surface area contributed by atoms with Gasteiger partial charge in [-0.15, -0.1) is 0 Å². The van der Waals surface area contributed by atoms with Crippen LogP contribution in [0, 0.1) is 0 Å². The highest BCUT2D eigenvalue weighted by molar-refractivity contribution is 6.32. The predicted octanol–water partition coefficient (Wildman–Crippen LogP) is 5.07. The molecule has 9 nitrogen and oxygen atoms in total. The maximum Gasteiger partial charge on any atom is 0.144 e. The third-order valence-corrected chi connectivity index (χ3v) is 6.89.